The predicted octanol–water partition coefficient (Wildman–Crippen LogP) is 1.91. The fourth-order valence-corrected chi connectivity index (χ4v) is 1.62. The van der Waals surface area contributed by atoms with Crippen LogP contribution in [-0.2, 0) is 0 Å². The molecule has 1 unspecified atom stereocenters. The molecule has 0 aliphatic carbocycles. The summed E-state index contributed by atoms with van der Waals surface area (Å²) in [5, 5.41) is 12.5. The molecule has 0 amide bonds. The van der Waals surface area contributed by atoms with E-state index in [1.54, 1.807) is 6.20 Å². The van der Waals surface area contributed by atoms with Gasteiger partial charge in [0.2, 0.25) is 0 Å². The summed E-state index contributed by atoms with van der Waals surface area (Å²) in [4.78, 5) is 8.62. The highest BCUT2D eigenvalue weighted by atomic mass is 16.3. The van der Waals surface area contributed by atoms with Crippen LogP contribution in [-0.4, -0.2) is 27.7 Å². The summed E-state index contributed by atoms with van der Waals surface area (Å²) in [6.45, 7) is 8.22. The number of rotatable bonds is 5. The monoisotopic (exact) mass is 223 g/mol. The summed E-state index contributed by atoms with van der Waals surface area (Å²) in [7, 11) is 0. The fourth-order valence-electron chi connectivity index (χ4n) is 1.62. The molecule has 0 radical (unpaired) electrons. The van der Waals surface area contributed by atoms with Gasteiger partial charge in [-0.3, -0.25) is 4.98 Å². The van der Waals surface area contributed by atoms with Gasteiger partial charge in [-0.25, -0.2) is 4.98 Å². The van der Waals surface area contributed by atoms with Gasteiger partial charge in [0.1, 0.15) is 5.82 Å². The molecule has 1 heterocycles. The first-order valence-corrected chi connectivity index (χ1v) is 5.70. The van der Waals surface area contributed by atoms with E-state index in [9.17, 15) is 5.11 Å². The van der Waals surface area contributed by atoms with E-state index in [1.165, 1.54) is 0 Å². The zero-order valence-corrected chi connectivity index (χ0v) is 10.5. The molecule has 0 aliphatic rings. The molecular formula is C12H21N3O. The number of hydrogen-bond acceptors (Lipinski definition) is 4. The molecule has 1 rings (SSSR count). The molecule has 1 aromatic heterocycles. The molecule has 0 fully saturated rings. The van der Waals surface area contributed by atoms with Gasteiger partial charge in [0.25, 0.3) is 0 Å². The van der Waals surface area contributed by atoms with Crippen LogP contribution in [0.15, 0.2) is 6.20 Å². The molecule has 4 heteroatoms. The van der Waals surface area contributed by atoms with Crippen molar-refractivity contribution in [3.05, 3.63) is 17.6 Å². The van der Waals surface area contributed by atoms with E-state index in [0.717, 1.165) is 23.6 Å². The lowest BCUT2D eigenvalue weighted by Gasteiger charge is -2.19. The normalized spacial score (nSPS) is 12.9. The highest BCUT2D eigenvalue weighted by molar-refractivity contribution is 5.40. The lowest BCUT2D eigenvalue weighted by atomic mass is 10.0. The third-order valence-corrected chi connectivity index (χ3v) is 2.39. The van der Waals surface area contributed by atoms with Gasteiger partial charge in [-0.2, -0.15) is 0 Å². The van der Waals surface area contributed by atoms with E-state index in [2.05, 4.69) is 29.1 Å². The fraction of sp³-hybridized carbons (Fsp3) is 0.667. The maximum absolute atomic E-state index is 9.29. The second-order valence-electron chi connectivity index (χ2n) is 4.60. The van der Waals surface area contributed by atoms with Crippen molar-refractivity contribution in [2.75, 3.05) is 11.9 Å². The summed E-state index contributed by atoms with van der Waals surface area (Å²) in [5.41, 5.74) is 1.75. The number of aryl methyl sites for hydroxylation is 2. The van der Waals surface area contributed by atoms with Crippen LogP contribution >= 0.6 is 0 Å². The summed E-state index contributed by atoms with van der Waals surface area (Å²) in [6.07, 6.45) is 2.67. The van der Waals surface area contributed by atoms with Crippen molar-refractivity contribution < 1.29 is 5.11 Å². The van der Waals surface area contributed by atoms with Crippen LogP contribution < -0.4 is 5.32 Å². The molecular weight excluding hydrogens is 202 g/mol. The van der Waals surface area contributed by atoms with E-state index < -0.39 is 0 Å². The molecule has 1 atom stereocenters. The first kappa shape index (κ1) is 12.9. The highest BCUT2D eigenvalue weighted by Crippen LogP contribution is 2.13. The number of aromatic nitrogens is 2. The maximum Gasteiger partial charge on any atom is 0.148 e. The summed E-state index contributed by atoms with van der Waals surface area (Å²) >= 11 is 0. The van der Waals surface area contributed by atoms with E-state index in [1.807, 2.05) is 13.8 Å². The SMILES string of the molecule is Cc1cnc(C)c(NC(CO)CC(C)C)n1. The standard InChI is InChI=1S/C12H21N3O/c1-8(2)5-11(7-16)15-12-10(4)13-6-9(3)14-12/h6,8,11,16H,5,7H2,1-4H3,(H,14,15). The number of aliphatic hydroxyl groups excluding tert-OH is 1. The topological polar surface area (TPSA) is 58.0 Å². The van der Waals surface area contributed by atoms with Gasteiger partial charge in [0, 0.05) is 6.20 Å². The van der Waals surface area contributed by atoms with Gasteiger partial charge in [0.05, 0.1) is 24.0 Å². The average molecular weight is 223 g/mol. The van der Waals surface area contributed by atoms with Crippen molar-refractivity contribution >= 4 is 5.82 Å². The summed E-state index contributed by atoms with van der Waals surface area (Å²) < 4.78 is 0. The zero-order valence-electron chi connectivity index (χ0n) is 10.5. The van der Waals surface area contributed by atoms with Gasteiger partial charge in [-0.15, -0.1) is 0 Å². The van der Waals surface area contributed by atoms with Crippen molar-refractivity contribution in [1.29, 1.82) is 0 Å². The molecule has 0 saturated heterocycles. The van der Waals surface area contributed by atoms with Crippen LogP contribution in [0.25, 0.3) is 0 Å². The van der Waals surface area contributed by atoms with Gasteiger partial charge in [0.15, 0.2) is 0 Å². The van der Waals surface area contributed by atoms with Crippen molar-refractivity contribution in [2.45, 2.75) is 40.2 Å². The summed E-state index contributed by atoms with van der Waals surface area (Å²) in [5.74, 6) is 1.32. The smallest absolute Gasteiger partial charge is 0.148 e. The average Bonchev–Trinajstić information content (AvgIpc) is 2.21. The Labute approximate surface area is 97.1 Å². The van der Waals surface area contributed by atoms with Gasteiger partial charge >= 0.3 is 0 Å². The minimum atomic E-state index is 0.0507. The molecule has 0 saturated carbocycles. The van der Waals surface area contributed by atoms with E-state index in [0.29, 0.717) is 5.92 Å². The van der Waals surface area contributed by atoms with Crippen LogP contribution in [0.3, 0.4) is 0 Å². The van der Waals surface area contributed by atoms with Crippen molar-refractivity contribution in [2.24, 2.45) is 5.92 Å². The third kappa shape index (κ3) is 3.77. The van der Waals surface area contributed by atoms with Crippen LogP contribution in [0.4, 0.5) is 5.82 Å². The number of nitrogens with zero attached hydrogens (tertiary/aromatic N) is 2. The van der Waals surface area contributed by atoms with Gasteiger partial charge in [-0.1, -0.05) is 13.8 Å². The number of aliphatic hydroxyl groups is 1. The lowest BCUT2D eigenvalue weighted by Crippen LogP contribution is -2.26. The minimum Gasteiger partial charge on any atom is -0.394 e. The Balaban J connectivity index is 2.73. The molecule has 4 nitrogen and oxygen atoms in total. The van der Waals surface area contributed by atoms with Crippen LogP contribution in [0.2, 0.25) is 0 Å². The first-order chi connectivity index (χ1) is 7.52. The third-order valence-electron chi connectivity index (χ3n) is 2.39. The maximum atomic E-state index is 9.29. The molecule has 2 N–H and O–H groups in total. The molecule has 0 spiro atoms. The Hall–Kier alpha value is -1.16. The van der Waals surface area contributed by atoms with Crippen LogP contribution in [0.5, 0.6) is 0 Å². The number of nitrogens with one attached hydrogen (secondary N) is 1. The Bertz CT molecular complexity index is 339. The highest BCUT2D eigenvalue weighted by Gasteiger charge is 2.12. The van der Waals surface area contributed by atoms with Crippen LogP contribution in [0, 0.1) is 19.8 Å². The Morgan fingerprint density at radius 1 is 1.38 bits per heavy atom. The van der Waals surface area contributed by atoms with Crippen molar-refractivity contribution in [1.82, 2.24) is 9.97 Å². The van der Waals surface area contributed by atoms with E-state index in [4.69, 9.17) is 0 Å². The molecule has 16 heavy (non-hydrogen) atoms. The van der Waals surface area contributed by atoms with Crippen molar-refractivity contribution in [3.8, 4) is 0 Å². The number of anilines is 1. The number of hydrogen-bond donors (Lipinski definition) is 2. The first-order valence-electron chi connectivity index (χ1n) is 5.70. The van der Waals surface area contributed by atoms with E-state index in [-0.39, 0.29) is 12.6 Å². The second-order valence-corrected chi connectivity index (χ2v) is 4.60. The predicted molar refractivity (Wildman–Crippen MR) is 65.5 cm³/mol. The van der Waals surface area contributed by atoms with Gasteiger partial charge < -0.3 is 10.4 Å². The Kier molecular flexibility index (Phi) is 4.68. The quantitative estimate of drug-likeness (QED) is 0.800. The largest absolute Gasteiger partial charge is 0.394 e. The molecule has 90 valence electrons. The van der Waals surface area contributed by atoms with Gasteiger partial charge in [-0.05, 0) is 26.2 Å². The lowest BCUT2D eigenvalue weighted by molar-refractivity contribution is 0.259. The molecule has 1 aromatic rings. The van der Waals surface area contributed by atoms with Crippen LogP contribution in [0.1, 0.15) is 31.7 Å². The molecule has 0 aromatic carbocycles. The second kappa shape index (κ2) is 5.80. The minimum absolute atomic E-state index is 0.0507. The molecule has 0 aliphatic heterocycles. The Morgan fingerprint density at radius 3 is 2.62 bits per heavy atom. The van der Waals surface area contributed by atoms with Crippen molar-refractivity contribution in [3.63, 3.8) is 0 Å². The van der Waals surface area contributed by atoms with E-state index >= 15 is 0 Å². The molecule has 0 bridgehead atoms. The summed E-state index contributed by atoms with van der Waals surface area (Å²) in [6, 6.07) is 0.0507. The zero-order chi connectivity index (χ0) is 12.1. The Morgan fingerprint density at radius 2 is 2.06 bits per heavy atom.